The zero-order chi connectivity index (χ0) is 14.6. The van der Waals surface area contributed by atoms with Crippen LogP contribution in [0.15, 0.2) is 6.20 Å². The van der Waals surface area contributed by atoms with E-state index in [2.05, 4.69) is 41.4 Å². The van der Waals surface area contributed by atoms with Crippen LogP contribution in [-0.2, 0) is 13.5 Å². The first-order valence-corrected chi connectivity index (χ1v) is 7.81. The molecule has 5 nitrogen and oxygen atoms in total. The Morgan fingerprint density at radius 3 is 2.40 bits per heavy atom. The summed E-state index contributed by atoms with van der Waals surface area (Å²) in [4.78, 5) is 2.65. The molecule has 2 heterocycles. The van der Waals surface area contributed by atoms with E-state index in [1.54, 1.807) is 4.68 Å². The minimum absolute atomic E-state index is 0.136. The van der Waals surface area contributed by atoms with Crippen molar-refractivity contribution in [2.24, 2.45) is 7.05 Å². The monoisotopic (exact) mass is 279 g/mol. The molecule has 1 aliphatic rings. The molecule has 5 heteroatoms. The molecule has 1 fully saturated rings. The predicted octanol–water partition coefficient (Wildman–Crippen LogP) is 1.60. The van der Waals surface area contributed by atoms with Crippen LogP contribution in [0.5, 0.6) is 0 Å². The first-order valence-electron chi connectivity index (χ1n) is 7.81. The highest BCUT2D eigenvalue weighted by Gasteiger charge is 2.35. The molecular formula is C15H29N5. The van der Waals surface area contributed by atoms with Crippen LogP contribution in [0.25, 0.3) is 0 Å². The fourth-order valence-corrected chi connectivity index (χ4v) is 3.27. The van der Waals surface area contributed by atoms with Gasteiger partial charge in [0.2, 0.25) is 0 Å². The lowest BCUT2D eigenvalue weighted by atomic mass is 9.88. The van der Waals surface area contributed by atoms with Crippen molar-refractivity contribution < 1.29 is 0 Å². The van der Waals surface area contributed by atoms with Crippen molar-refractivity contribution in [2.45, 2.75) is 57.5 Å². The van der Waals surface area contributed by atoms with Crippen LogP contribution < -0.4 is 5.32 Å². The first-order chi connectivity index (χ1) is 9.54. The van der Waals surface area contributed by atoms with Gasteiger partial charge in [-0.25, -0.2) is 0 Å². The number of aromatic nitrogens is 3. The molecule has 1 aliphatic heterocycles. The second-order valence-electron chi connectivity index (χ2n) is 6.48. The Hall–Kier alpha value is -0.940. The Bertz CT molecular complexity index is 404. The van der Waals surface area contributed by atoms with E-state index in [4.69, 9.17) is 0 Å². The number of nitrogens with one attached hydrogen (secondary N) is 1. The summed E-state index contributed by atoms with van der Waals surface area (Å²) in [6, 6.07) is 0.386. The number of hydrogen-bond acceptors (Lipinski definition) is 4. The van der Waals surface area contributed by atoms with Crippen molar-refractivity contribution in [3.8, 4) is 0 Å². The summed E-state index contributed by atoms with van der Waals surface area (Å²) < 4.78 is 1.78. The molecule has 0 aliphatic carbocycles. The topological polar surface area (TPSA) is 46.0 Å². The molecule has 0 radical (unpaired) electrons. The van der Waals surface area contributed by atoms with Crippen LogP contribution >= 0.6 is 0 Å². The summed E-state index contributed by atoms with van der Waals surface area (Å²) in [6.07, 6.45) is 8.34. The van der Waals surface area contributed by atoms with E-state index < -0.39 is 0 Å². The van der Waals surface area contributed by atoms with Gasteiger partial charge >= 0.3 is 0 Å². The maximum atomic E-state index is 4.24. The van der Waals surface area contributed by atoms with Gasteiger partial charge in [0.15, 0.2) is 0 Å². The number of rotatable bonds is 5. The normalized spacial score (nSPS) is 19.8. The lowest BCUT2D eigenvalue weighted by molar-refractivity contribution is 0.0861. The van der Waals surface area contributed by atoms with Crippen LogP contribution in [0.1, 0.15) is 45.2 Å². The van der Waals surface area contributed by atoms with E-state index in [1.807, 2.05) is 13.2 Å². The number of hydrogen-bond donors (Lipinski definition) is 1. The van der Waals surface area contributed by atoms with Gasteiger partial charge in [-0.1, -0.05) is 18.1 Å². The summed E-state index contributed by atoms with van der Waals surface area (Å²) in [5.74, 6) is 0. The van der Waals surface area contributed by atoms with E-state index in [1.165, 1.54) is 38.8 Å². The quantitative estimate of drug-likeness (QED) is 0.889. The molecule has 0 aromatic carbocycles. The van der Waals surface area contributed by atoms with Gasteiger partial charge in [0.05, 0.1) is 5.69 Å². The SMILES string of the molecule is CNC(Cc1cn(C)nn1)C(C)(C)N1CCCCCC1. The molecule has 1 N–H and O–H groups in total. The van der Waals surface area contributed by atoms with Crippen molar-refractivity contribution >= 4 is 0 Å². The molecule has 20 heavy (non-hydrogen) atoms. The average molecular weight is 279 g/mol. The zero-order valence-corrected chi connectivity index (χ0v) is 13.4. The zero-order valence-electron chi connectivity index (χ0n) is 13.4. The van der Waals surface area contributed by atoms with Gasteiger partial charge in [-0.2, -0.15) is 0 Å². The Morgan fingerprint density at radius 2 is 1.90 bits per heavy atom. The maximum absolute atomic E-state index is 4.24. The molecule has 1 unspecified atom stereocenters. The van der Waals surface area contributed by atoms with E-state index >= 15 is 0 Å². The van der Waals surface area contributed by atoms with Crippen molar-refractivity contribution in [3.63, 3.8) is 0 Å². The molecule has 1 aromatic rings. The predicted molar refractivity (Wildman–Crippen MR) is 81.7 cm³/mol. The highest BCUT2D eigenvalue weighted by molar-refractivity contribution is 5.03. The minimum atomic E-state index is 0.136. The van der Waals surface area contributed by atoms with Crippen molar-refractivity contribution in [1.82, 2.24) is 25.2 Å². The summed E-state index contributed by atoms with van der Waals surface area (Å²) >= 11 is 0. The van der Waals surface area contributed by atoms with Crippen molar-refractivity contribution in [2.75, 3.05) is 20.1 Å². The van der Waals surface area contributed by atoms with Crippen LogP contribution in [-0.4, -0.2) is 51.6 Å². The second kappa shape index (κ2) is 6.68. The Morgan fingerprint density at radius 1 is 1.25 bits per heavy atom. The number of likely N-dealkylation sites (tertiary alicyclic amines) is 1. The summed E-state index contributed by atoms with van der Waals surface area (Å²) in [5.41, 5.74) is 1.20. The highest BCUT2D eigenvalue weighted by atomic mass is 15.4. The van der Waals surface area contributed by atoms with Gasteiger partial charge in [0.25, 0.3) is 0 Å². The molecule has 1 atom stereocenters. The number of nitrogens with zero attached hydrogens (tertiary/aromatic N) is 4. The van der Waals surface area contributed by atoms with Crippen molar-refractivity contribution in [1.29, 1.82) is 0 Å². The third-order valence-corrected chi connectivity index (χ3v) is 4.69. The fourth-order valence-electron chi connectivity index (χ4n) is 3.27. The minimum Gasteiger partial charge on any atom is -0.315 e. The van der Waals surface area contributed by atoms with Gasteiger partial charge in [0.1, 0.15) is 0 Å². The van der Waals surface area contributed by atoms with E-state index in [9.17, 15) is 0 Å². The van der Waals surface area contributed by atoms with E-state index in [0.29, 0.717) is 6.04 Å². The largest absolute Gasteiger partial charge is 0.315 e. The lowest BCUT2D eigenvalue weighted by Crippen LogP contribution is -2.58. The van der Waals surface area contributed by atoms with Gasteiger partial charge in [-0.05, 0) is 46.8 Å². The Kier molecular flexibility index (Phi) is 5.16. The molecule has 1 aromatic heterocycles. The van der Waals surface area contributed by atoms with Crippen LogP contribution in [0, 0.1) is 0 Å². The second-order valence-corrected chi connectivity index (χ2v) is 6.48. The number of aryl methyl sites for hydroxylation is 1. The molecule has 0 saturated carbocycles. The fraction of sp³-hybridized carbons (Fsp3) is 0.867. The van der Waals surface area contributed by atoms with E-state index in [-0.39, 0.29) is 5.54 Å². The molecule has 0 spiro atoms. The van der Waals surface area contributed by atoms with Crippen molar-refractivity contribution in [3.05, 3.63) is 11.9 Å². The van der Waals surface area contributed by atoms with Gasteiger partial charge < -0.3 is 5.32 Å². The Balaban J connectivity index is 2.07. The van der Waals surface area contributed by atoms with Gasteiger partial charge in [0, 0.05) is 31.2 Å². The summed E-state index contributed by atoms with van der Waals surface area (Å²) in [7, 11) is 3.98. The summed E-state index contributed by atoms with van der Waals surface area (Å²) in [6.45, 7) is 7.14. The molecule has 114 valence electrons. The maximum Gasteiger partial charge on any atom is 0.0843 e. The standard InChI is InChI=1S/C15H29N5/c1-15(2,20-9-7-5-6-8-10-20)14(16-3)11-13-12-19(4)18-17-13/h12,14,16H,5-11H2,1-4H3. The molecule has 0 amide bonds. The van der Waals surface area contributed by atoms with Gasteiger partial charge in [-0.15, -0.1) is 5.10 Å². The molecule has 0 bridgehead atoms. The van der Waals surface area contributed by atoms with Crippen LogP contribution in [0.2, 0.25) is 0 Å². The van der Waals surface area contributed by atoms with Crippen LogP contribution in [0.3, 0.4) is 0 Å². The lowest BCUT2D eigenvalue weighted by Gasteiger charge is -2.43. The smallest absolute Gasteiger partial charge is 0.0843 e. The van der Waals surface area contributed by atoms with E-state index in [0.717, 1.165) is 12.1 Å². The van der Waals surface area contributed by atoms with Crippen LogP contribution in [0.4, 0.5) is 0 Å². The molecular weight excluding hydrogens is 250 g/mol. The Labute approximate surface area is 122 Å². The molecule has 1 saturated heterocycles. The van der Waals surface area contributed by atoms with Gasteiger partial charge in [-0.3, -0.25) is 9.58 Å². The summed E-state index contributed by atoms with van der Waals surface area (Å²) in [5, 5.41) is 11.8. The third kappa shape index (κ3) is 3.58. The average Bonchev–Trinajstić information content (AvgIpc) is 2.68. The molecule has 2 rings (SSSR count). The third-order valence-electron chi connectivity index (χ3n) is 4.69. The first kappa shape index (κ1) is 15.4. The highest BCUT2D eigenvalue weighted by Crippen LogP contribution is 2.25. The number of likely N-dealkylation sites (N-methyl/N-ethyl adjacent to an activating group) is 1.